The number of carbonyl (C=O) groups excluding carboxylic acids is 4. The monoisotopic (exact) mass is 892 g/mol. The second-order valence-corrected chi connectivity index (χ2v) is 16.3. The lowest BCUT2D eigenvalue weighted by atomic mass is 10.1. The van der Waals surface area contributed by atoms with Crippen molar-refractivity contribution in [3.63, 3.8) is 0 Å². The van der Waals surface area contributed by atoms with Crippen LogP contribution in [0.5, 0.6) is 11.5 Å². The van der Waals surface area contributed by atoms with Crippen molar-refractivity contribution in [3.8, 4) is 11.5 Å². The van der Waals surface area contributed by atoms with E-state index < -0.39 is 11.9 Å². The van der Waals surface area contributed by atoms with Crippen LogP contribution in [0.15, 0.2) is 131 Å². The van der Waals surface area contributed by atoms with Crippen molar-refractivity contribution in [2.24, 2.45) is 9.98 Å². The lowest BCUT2D eigenvalue weighted by Crippen LogP contribution is -2.10. The van der Waals surface area contributed by atoms with Crippen LogP contribution < -0.4 is 9.47 Å². The van der Waals surface area contributed by atoms with Crippen molar-refractivity contribution >= 4 is 47.7 Å². The van der Waals surface area contributed by atoms with Gasteiger partial charge in [0.05, 0.1) is 46.8 Å². The van der Waals surface area contributed by atoms with E-state index in [0.717, 1.165) is 36.8 Å². The minimum atomic E-state index is -0.585. The Kier molecular flexibility index (Phi) is 22.1. The lowest BCUT2D eigenvalue weighted by Gasteiger charge is -2.08. The molecule has 66 heavy (non-hydrogen) atoms. The predicted molar refractivity (Wildman–Crippen MR) is 262 cm³/mol. The van der Waals surface area contributed by atoms with E-state index in [4.69, 9.17) is 18.9 Å². The summed E-state index contributed by atoms with van der Waals surface area (Å²) in [6.45, 7) is 5.29. The first-order chi connectivity index (χ1) is 32.3. The zero-order valence-corrected chi connectivity index (χ0v) is 38.6. The fourth-order valence-corrected chi connectivity index (χ4v) is 6.98. The Morgan fingerprint density at radius 3 is 1.08 bits per heavy atom. The summed E-state index contributed by atoms with van der Waals surface area (Å²) in [6.07, 6.45) is 22.3. The maximum atomic E-state index is 13.0. The highest BCUT2D eigenvalue weighted by Gasteiger charge is 2.13. The van der Waals surface area contributed by atoms with E-state index in [1.54, 1.807) is 103 Å². The summed E-state index contributed by atoms with van der Waals surface area (Å²) in [5.74, 6) is -1.41. The van der Waals surface area contributed by atoms with E-state index in [2.05, 4.69) is 23.8 Å². The summed E-state index contributed by atoms with van der Waals surface area (Å²) in [7, 11) is 0. The van der Waals surface area contributed by atoms with Crippen LogP contribution in [-0.2, 0) is 9.47 Å². The average Bonchev–Trinajstić information content (AvgIpc) is 3.34. The molecule has 0 fully saturated rings. The summed E-state index contributed by atoms with van der Waals surface area (Å²) >= 11 is 0. The molecule has 0 aliphatic heterocycles. The average molecular weight is 893 g/mol. The van der Waals surface area contributed by atoms with Gasteiger partial charge >= 0.3 is 23.9 Å². The number of aliphatic imine (C=N–C) groups is 2. The van der Waals surface area contributed by atoms with Crippen LogP contribution in [0.1, 0.15) is 169 Å². The van der Waals surface area contributed by atoms with Crippen molar-refractivity contribution in [2.45, 2.75) is 117 Å². The van der Waals surface area contributed by atoms with Gasteiger partial charge in [0.1, 0.15) is 11.5 Å². The molecule has 0 aliphatic rings. The molecule has 0 aromatic heterocycles. The summed E-state index contributed by atoms with van der Waals surface area (Å²) < 4.78 is 22.0. The van der Waals surface area contributed by atoms with Gasteiger partial charge in [0, 0.05) is 18.5 Å². The number of hydrogen-bond donors (Lipinski definition) is 0. The lowest BCUT2D eigenvalue weighted by molar-refractivity contribution is 0.0488. The van der Waals surface area contributed by atoms with E-state index in [0.29, 0.717) is 46.8 Å². The molecule has 0 amide bonds. The Balaban J connectivity index is 1.01. The van der Waals surface area contributed by atoms with E-state index >= 15 is 0 Å². The van der Waals surface area contributed by atoms with Gasteiger partial charge in [-0.3, -0.25) is 9.98 Å². The predicted octanol–water partition coefficient (Wildman–Crippen LogP) is 14.2. The van der Waals surface area contributed by atoms with E-state index in [1.807, 2.05) is 24.3 Å². The second-order valence-electron chi connectivity index (χ2n) is 16.3. The van der Waals surface area contributed by atoms with Crippen LogP contribution in [0.25, 0.3) is 0 Å². The minimum absolute atomic E-state index is 0.210. The maximum absolute atomic E-state index is 13.0. The molecule has 0 radical (unpaired) electrons. The topological polar surface area (TPSA) is 130 Å². The molecule has 0 atom stereocenters. The third-order valence-electron chi connectivity index (χ3n) is 10.9. The van der Waals surface area contributed by atoms with Crippen LogP contribution in [0.2, 0.25) is 0 Å². The first kappa shape index (κ1) is 50.3. The van der Waals surface area contributed by atoms with Crippen molar-refractivity contribution in [1.82, 2.24) is 0 Å². The van der Waals surface area contributed by atoms with Gasteiger partial charge in [-0.2, -0.15) is 0 Å². The van der Waals surface area contributed by atoms with Gasteiger partial charge in [0.15, 0.2) is 0 Å². The van der Waals surface area contributed by atoms with Gasteiger partial charge in [0.25, 0.3) is 0 Å². The Labute approximate surface area is 390 Å². The van der Waals surface area contributed by atoms with Crippen LogP contribution in [0, 0.1) is 0 Å². The molecule has 0 saturated heterocycles. The van der Waals surface area contributed by atoms with Crippen molar-refractivity contribution < 1.29 is 38.1 Å². The number of ether oxygens (including phenoxy) is 4. The maximum Gasteiger partial charge on any atom is 0.343 e. The van der Waals surface area contributed by atoms with Crippen molar-refractivity contribution in [3.05, 3.63) is 155 Å². The zero-order chi connectivity index (χ0) is 46.6. The largest absolute Gasteiger partial charge is 0.462 e. The molecular weight excluding hydrogens is 829 g/mol. The van der Waals surface area contributed by atoms with Crippen LogP contribution >= 0.6 is 0 Å². The zero-order valence-electron chi connectivity index (χ0n) is 38.6. The standard InChI is InChI=1S/C56H64N2O8/c1-3-5-7-9-11-13-15-17-38-63-53(59)45-26-22-43(23-27-45)41-57-49-34-30-47(31-35-49)55(61)65-51-20-19-21-52(40-51)66-56(62)48-32-36-50(37-33-48)58-42-44-24-28-46(29-25-44)54(60)64-39-18-16-14-12-10-8-6-4-2/h19-37,40-42H,3-18,38-39H2,1-2H3. The molecule has 0 aliphatic carbocycles. The number of hydrogen-bond acceptors (Lipinski definition) is 10. The molecular formula is C56H64N2O8. The summed E-state index contributed by atoms with van der Waals surface area (Å²) in [4.78, 5) is 59.8. The molecule has 5 aromatic rings. The number of rotatable bonds is 28. The molecule has 0 heterocycles. The molecule has 346 valence electrons. The Morgan fingerprint density at radius 2 is 0.712 bits per heavy atom. The van der Waals surface area contributed by atoms with E-state index in [9.17, 15) is 19.2 Å². The fourth-order valence-electron chi connectivity index (χ4n) is 6.98. The van der Waals surface area contributed by atoms with Crippen LogP contribution in [0.4, 0.5) is 11.4 Å². The van der Waals surface area contributed by atoms with Crippen molar-refractivity contribution in [2.75, 3.05) is 13.2 Å². The summed E-state index contributed by atoms with van der Waals surface area (Å²) in [5, 5.41) is 0. The Bertz CT molecular complexity index is 2140. The molecule has 10 nitrogen and oxygen atoms in total. The van der Waals surface area contributed by atoms with Gasteiger partial charge in [-0.1, -0.05) is 134 Å². The highest BCUT2D eigenvalue weighted by Crippen LogP contribution is 2.23. The molecule has 0 bridgehead atoms. The van der Waals surface area contributed by atoms with Gasteiger partial charge in [-0.25, -0.2) is 19.2 Å². The normalized spacial score (nSPS) is 11.2. The quantitative estimate of drug-likeness (QED) is 0.0210. The number of benzene rings is 5. The molecule has 0 saturated carbocycles. The molecule has 0 N–H and O–H groups in total. The van der Waals surface area contributed by atoms with Gasteiger partial charge in [-0.05, 0) is 109 Å². The number of esters is 4. The highest BCUT2D eigenvalue weighted by atomic mass is 16.5. The highest BCUT2D eigenvalue weighted by molar-refractivity contribution is 5.94. The first-order valence-electron chi connectivity index (χ1n) is 23.7. The molecule has 0 unspecified atom stereocenters. The third kappa shape index (κ3) is 18.4. The SMILES string of the molecule is CCCCCCCCCCOC(=O)c1ccc(C=Nc2ccc(C(=O)Oc3cccc(OC(=O)c4ccc(N=Cc5ccc(C(=O)OCCCCCCCCCC)cc5)cc4)c3)cc2)cc1. The summed E-state index contributed by atoms with van der Waals surface area (Å²) in [6, 6.07) is 33.7. The van der Waals surface area contributed by atoms with Crippen LogP contribution in [0.3, 0.4) is 0 Å². The van der Waals surface area contributed by atoms with Gasteiger partial charge < -0.3 is 18.9 Å². The Morgan fingerprint density at radius 1 is 0.394 bits per heavy atom. The fraction of sp³-hybridized carbons (Fsp3) is 0.357. The summed E-state index contributed by atoms with van der Waals surface area (Å²) in [5.41, 5.74) is 4.50. The Hall–Kier alpha value is -6.68. The first-order valence-corrected chi connectivity index (χ1v) is 23.7. The van der Waals surface area contributed by atoms with Crippen LogP contribution in [-0.4, -0.2) is 49.5 Å². The van der Waals surface area contributed by atoms with Gasteiger partial charge in [-0.15, -0.1) is 0 Å². The van der Waals surface area contributed by atoms with E-state index in [1.165, 1.54) is 83.1 Å². The third-order valence-corrected chi connectivity index (χ3v) is 10.9. The molecule has 5 rings (SSSR count). The molecule has 10 heteroatoms. The van der Waals surface area contributed by atoms with Crippen molar-refractivity contribution in [1.29, 1.82) is 0 Å². The molecule has 0 spiro atoms. The van der Waals surface area contributed by atoms with Gasteiger partial charge in [0.2, 0.25) is 0 Å². The molecule has 5 aromatic carbocycles. The van der Waals surface area contributed by atoms with E-state index in [-0.39, 0.29) is 23.4 Å². The minimum Gasteiger partial charge on any atom is -0.462 e. The number of nitrogens with zero attached hydrogens (tertiary/aromatic N) is 2. The smallest absolute Gasteiger partial charge is 0.343 e. The number of carbonyl (C=O) groups is 4. The second kappa shape index (κ2) is 29.0. The number of unbranched alkanes of at least 4 members (excludes halogenated alkanes) is 14.